The van der Waals surface area contributed by atoms with Crippen molar-refractivity contribution >= 4 is 14.9 Å². The zero-order valence-corrected chi connectivity index (χ0v) is 8.95. The topological polar surface area (TPSA) is 18.5 Å². The summed E-state index contributed by atoms with van der Waals surface area (Å²) in [6.45, 7) is 2.84. The second-order valence-electron chi connectivity index (χ2n) is 2.49. The van der Waals surface area contributed by atoms with Crippen molar-refractivity contribution in [3.05, 3.63) is 24.3 Å². The first kappa shape index (κ1) is 9.29. The molecule has 1 aromatic carbocycles. The van der Waals surface area contributed by atoms with E-state index in [9.17, 15) is 0 Å². The Bertz CT molecular complexity index is 220. The van der Waals surface area contributed by atoms with Crippen LogP contribution in [0.2, 0.25) is 0 Å². The molecule has 0 fully saturated rings. The summed E-state index contributed by atoms with van der Waals surface area (Å²) in [6, 6.07) is 8.09. The number of rotatable bonds is 4. The molecule has 0 aromatic heterocycles. The normalized spacial score (nSPS) is 10.8. The maximum absolute atomic E-state index is 5.39. The Balaban J connectivity index is 2.53. The molecule has 0 N–H and O–H groups in total. The highest BCUT2D eigenvalue weighted by atomic mass is 28.2. The molecule has 3 heteroatoms. The van der Waals surface area contributed by atoms with E-state index < -0.39 is 9.76 Å². The average Bonchev–Trinajstić information content (AvgIpc) is 2.15. The minimum absolute atomic E-state index is 0.491. The van der Waals surface area contributed by atoms with Crippen LogP contribution < -0.4 is 9.92 Å². The summed E-state index contributed by atoms with van der Waals surface area (Å²) in [4.78, 5) is 0. The Hall–Kier alpha value is -0.803. The molecular formula is C9H14O2Si. The molecule has 0 saturated heterocycles. The van der Waals surface area contributed by atoms with Gasteiger partial charge in [0.05, 0.1) is 7.11 Å². The first-order valence-corrected chi connectivity index (χ1v) is 5.36. The predicted molar refractivity (Wildman–Crippen MR) is 52.8 cm³/mol. The van der Waals surface area contributed by atoms with Gasteiger partial charge in [-0.2, -0.15) is 0 Å². The van der Waals surface area contributed by atoms with Crippen molar-refractivity contribution in [2.45, 2.75) is 6.92 Å². The maximum Gasteiger partial charge on any atom is 0.192 e. The maximum atomic E-state index is 5.39. The monoisotopic (exact) mass is 182 g/mol. The second-order valence-corrected chi connectivity index (χ2v) is 4.00. The second kappa shape index (κ2) is 4.95. The summed E-state index contributed by atoms with van der Waals surface area (Å²) in [7, 11) is 1.18. The fourth-order valence-corrected chi connectivity index (χ4v) is 1.81. The zero-order chi connectivity index (χ0) is 8.81. The lowest BCUT2D eigenvalue weighted by Crippen LogP contribution is -2.16. The molecule has 1 aromatic rings. The van der Waals surface area contributed by atoms with E-state index in [0.717, 1.165) is 12.4 Å². The molecule has 12 heavy (non-hydrogen) atoms. The van der Waals surface area contributed by atoms with Crippen molar-refractivity contribution in [2.24, 2.45) is 0 Å². The van der Waals surface area contributed by atoms with E-state index in [2.05, 4.69) is 12.1 Å². The molecule has 0 heterocycles. The molecular weight excluding hydrogens is 168 g/mol. The van der Waals surface area contributed by atoms with Crippen LogP contribution in [0.15, 0.2) is 24.3 Å². The molecule has 0 radical (unpaired) electrons. The van der Waals surface area contributed by atoms with Crippen LogP contribution in [0.25, 0.3) is 0 Å². The fourth-order valence-electron chi connectivity index (χ4n) is 0.942. The third kappa shape index (κ3) is 2.68. The Labute approximate surface area is 75.5 Å². The molecule has 0 amide bonds. The van der Waals surface area contributed by atoms with E-state index in [1.165, 1.54) is 5.19 Å². The van der Waals surface area contributed by atoms with E-state index in [1.54, 1.807) is 7.11 Å². The lowest BCUT2D eigenvalue weighted by molar-refractivity contribution is 0.367. The van der Waals surface area contributed by atoms with E-state index >= 15 is 0 Å². The van der Waals surface area contributed by atoms with Crippen LogP contribution in [0.3, 0.4) is 0 Å². The highest BCUT2D eigenvalue weighted by Crippen LogP contribution is 2.04. The minimum Gasteiger partial charge on any atom is -0.497 e. The van der Waals surface area contributed by atoms with Crippen LogP contribution >= 0.6 is 0 Å². The summed E-state index contributed by atoms with van der Waals surface area (Å²) in [5.74, 6) is 0.907. The minimum atomic E-state index is -0.491. The first-order valence-electron chi connectivity index (χ1n) is 4.07. The van der Waals surface area contributed by atoms with Crippen LogP contribution in [-0.2, 0) is 4.43 Å². The van der Waals surface area contributed by atoms with E-state index in [0.29, 0.717) is 0 Å². The molecule has 2 nitrogen and oxygen atoms in total. The number of methoxy groups -OCH3 is 1. The third-order valence-electron chi connectivity index (χ3n) is 1.63. The van der Waals surface area contributed by atoms with Gasteiger partial charge >= 0.3 is 0 Å². The molecule has 0 atom stereocenters. The fraction of sp³-hybridized carbons (Fsp3) is 0.333. The average molecular weight is 182 g/mol. The molecule has 66 valence electrons. The van der Waals surface area contributed by atoms with E-state index in [1.807, 2.05) is 19.1 Å². The van der Waals surface area contributed by atoms with Gasteiger partial charge in [0.25, 0.3) is 0 Å². The van der Waals surface area contributed by atoms with Gasteiger partial charge in [-0.3, -0.25) is 0 Å². The summed E-state index contributed by atoms with van der Waals surface area (Å²) < 4.78 is 10.4. The Morgan fingerprint density at radius 1 is 1.25 bits per heavy atom. The third-order valence-corrected chi connectivity index (χ3v) is 3.05. The van der Waals surface area contributed by atoms with Crippen LogP contribution in [-0.4, -0.2) is 23.5 Å². The van der Waals surface area contributed by atoms with Crippen LogP contribution in [0.4, 0.5) is 0 Å². The molecule has 0 aliphatic heterocycles. The number of hydrogen-bond acceptors (Lipinski definition) is 2. The summed E-state index contributed by atoms with van der Waals surface area (Å²) in [5, 5.41) is 1.32. The molecule has 1 rings (SSSR count). The number of hydrogen-bond donors (Lipinski definition) is 0. The molecule has 0 saturated carbocycles. The van der Waals surface area contributed by atoms with Crippen molar-refractivity contribution in [1.29, 1.82) is 0 Å². The van der Waals surface area contributed by atoms with Gasteiger partial charge in [0.2, 0.25) is 0 Å². The molecule has 0 bridgehead atoms. The molecule has 0 unspecified atom stereocenters. The summed E-state index contributed by atoms with van der Waals surface area (Å²) >= 11 is 0. The van der Waals surface area contributed by atoms with Crippen molar-refractivity contribution in [1.82, 2.24) is 0 Å². The standard InChI is InChI=1S/C9H14O2Si/c1-3-11-12-9-6-4-8(10-2)5-7-9/h4-7H,3,12H2,1-2H3. The van der Waals surface area contributed by atoms with E-state index in [-0.39, 0.29) is 0 Å². The lowest BCUT2D eigenvalue weighted by Gasteiger charge is -2.02. The summed E-state index contributed by atoms with van der Waals surface area (Å²) in [5.41, 5.74) is 0. The van der Waals surface area contributed by atoms with E-state index in [4.69, 9.17) is 9.16 Å². The van der Waals surface area contributed by atoms with Crippen molar-refractivity contribution in [2.75, 3.05) is 13.7 Å². The largest absolute Gasteiger partial charge is 0.497 e. The van der Waals surface area contributed by atoms with Crippen LogP contribution in [0.5, 0.6) is 5.75 Å². The number of benzene rings is 1. The highest BCUT2D eigenvalue weighted by Gasteiger charge is 1.93. The predicted octanol–water partition coefficient (Wildman–Crippen LogP) is 0.441. The molecule has 0 spiro atoms. The van der Waals surface area contributed by atoms with Gasteiger partial charge in [0.1, 0.15) is 5.75 Å². The van der Waals surface area contributed by atoms with Crippen LogP contribution in [0.1, 0.15) is 6.92 Å². The first-order chi connectivity index (χ1) is 5.86. The Morgan fingerprint density at radius 3 is 2.42 bits per heavy atom. The quantitative estimate of drug-likeness (QED) is 0.629. The van der Waals surface area contributed by atoms with Gasteiger partial charge in [-0.05, 0) is 24.2 Å². The summed E-state index contributed by atoms with van der Waals surface area (Å²) in [6.07, 6.45) is 0. The zero-order valence-electron chi connectivity index (χ0n) is 7.54. The lowest BCUT2D eigenvalue weighted by atomic mass is 10.3. The van der Waals surface area contributed by atoms with Gasteiger partial charge in [-0.25, -0.2) is 0 Å². The van der Waals surface area contributed by atoms with Crippen molar-refractivity contribution < 1.29 is 9.16 Å². The molecule has 0 aliphatic carbocycles. The van der Waals surface area contributed by atoms with Gasteiger partial charge in [0.15, 0.2) is 9.76 Å². The van der Waals surface area contributed by atoms with Crippen molar-refractivity contribution in [3.63, 3.8) is 0 Å². The Kier molecular flexibility index (Phi) is 3.83. The highest BCUT2D eigenvalue weighted by molar-refractivity contribution is 6.46. The Morgan fingerprint density at radius 2 is 1.92 bits per heavy atom. The smallest absolute Gasteiger partial charge is 0.192 e. The van der Waals surface area contributed by atoms with Crippen LogP contribution in [0, 0.1) is 0 Å². The van der Waals surface area contributed by atoms with Crippen molar-refractivity contribution in [3.8, 4) is 5.75 Å². The van der Waals surface area contributed by atoms with Gasteiger partial charge in [-0.1, -0.05) is 12.1 Å². The molecule has 0 aliphatic rings. The van der Waals surface area contributed by atoms with Gasteiger partial charge in [0, 0.05) is 6.61 Å². The van der Waals surface area contributed by atoms with Gasteiger partial charge in [-0.15, -0.1) is 0 Å². The SMILES string of the molecule is CCO[SiH2]c1ccc(OC)cc1. The number of ether oxygens (including phenoxy) is 1. The van der Waals surface area contributed by atoms with Gasteiger partial charge < -0.3 is 9.16 Å².